The normalized spacial score (nSPS) is 11.3. The molecule has 0 aliphatic heterocycles. The molecule has 0 saturated carbocycles. The van der Waals surface area contributed by atoms with Crippen molar-refractivity contribution in [3.8, 4) is 0 Å². The minimum atomic E-state index is 0.838. The second-order valence-electron chi connectivity index (χ2n) is 3.67. The first-order valence-electron chi connectivity index (χ1n) is 5.34. The molecule has 0 fully saturated rings. The standard InChI is InChI=1S/C14H10N2O/c1-2-4-14-13(3-1)15-9-12(16-14)6-5-11-7-8-17-10-11/h1-10H/b6-5+. The number of rotatable bonds is 2. The van der Waals surface area contributed by atoms with Crippen molar-refractivity contribution in [1.29, 1.82) is 0 Å². The molecule has 0 saturated heterocycles. The maximum absolute atomic E-state index is 4.99. The second kappa shape index (κ2) is 4.22. The summed E-state index contributed by atoms with van der Waals surface area (Å²) < 4.78 is 4.99. The molecule has 0 aliphatic rings. The quantitative estimate of drug-likeness (QED) is 0.667. The van der Waals surface area contributed by atoms with E-state index in [1.54, 1.807) is 18.7 Å². The van der Waals surface area contributed by atoms with Crippen LogP contribution in [0.4, 0.5) is 0 Å². The molecule has 3 rings (SSSR count). The lowest BCUT2D eigenvalue weighted by atomic mass is 10.2. The molecular weight excluding hydrogens is 212 g/mol. The number of benzene rings is 1. The summed E-state index contributed by atoms with van der Waals surface area (Å²) in [7, 11) is 0. The number of aromatic nitrogens is 2. The minimum Gasteiger partial charge on any atom is -0.472 e. The first-order chi connectivity index (χ1) is 8.42. The molecule has 3 heteroatoms. The van der Waals surface area contributed by atoms with Crippen LogP contribution in [0.15, 0.2) is 53.5 Å². The predicted molar refractivity (Wildman–Crippen MR) is 67.2 cm³/mol. The molecule has 3 aromatic rings. The van der Waals surface area contributed by atoms with Crippen LogP contribution in [0.2, 0.25) is 0 Å². The molecule has 0 atom stereocenters. The Hall–Kier alpha value is -2.42. The third-order valence-electron chi connectivity index (χ3n) is 2.46. The van der Waals surface area contributed by atoms with Gasteiger partial charge >= 0.3 is 0 Å². The van der Waals surface area contributed by atoms with E-state index in [0.29, 0.717) is 0 Å². The van der Waals surface area contributed by atoms with Gasteiger partial charge in [0, 0.05) is 5.56 Å². The van der Waals surface area contributed by atoms with E-state index in [-0.39, 0.29) is 0 Å². The molecule has 17 heavy (non-hydrogen) atoms. The van der Waals surface area contributed by atoms with Crippen LogP contribution in [-0.2, 0) is 0 Å². The lowest BCUT2D eigenvalue weighted by molar-refractivity contribution is 0.567. The summed E-state index contributed by atoms with van der Waals surface area (Å²) in [5, 5.41) is 0. The summed E-state index contributed by atoms with van der Waals surface area (Å²) in [5.74, 6) is 0. The second-order valence-corrected chi connectivity index (χ2v) is 3.67. The van der Waals surface area contributed by atoms with E-state index in [9.17, 15) is 0 Å². The van der Waals surface area contributed by atoms with Crippen LogP contribution in [0.3, 0.4) is 0 Å². The van der Waals surface area contributed by atoms with Crippen LogP contribution in [0.5, 0.6) is 0 Å². The average molecular weight is 222 g/mol. The minimum absolute atomic E-state index is 0.838. The molecule has 0 spiro atoms. The van der Waals surface area contributed by atoms with Crippen molar-refractivity contribution in [3.05, 3.63) is 60.3 Å². The number of fused-ring (bicyclic) bond motifs is 1. The number of hydrogen-bond donors (Lipinski definition) is 0. The first-order valence-corrected chi connectivity index (χ1v) is 5.34. The van der Waals surface area contributed by atoms with E-state index >= 15 is 0 Å². The van der Waals surface area contributed by atoms with Crippen LogP contribution in [0.1, 0.15) is 11.3 Å². The van der Waals surface area contributed by atoms with Crippen molar-refractivity contribution in [2.45, 2.75) is 0 Å². The van der Waals surface area contributed by atoms with E-state index in [0.717, 1.165) is 22.3 Å². The Morgan fingerprint density at radius 1 is 1.00 bits per heavy atom. The summed E-state index contributed by atoms with van der Waals surface area (Å²) in [4.78, 5) is 8.84. The summed E-state index contributed by atoms with van der Waals surface area (Å²) in [6.07, 6.45) is 8.96. The maximum Gasteiger partial charge on any atom is 0.0974 e. The molecule has 0 radical (unpaired) electrons. The third kappa shape index (κ3) is 2.08. The van der Waals surface area contributed by atoms with Crippen molar-refractivity contribution in [1.82, 2.24) is 9.97 Å². The van der Waals surface area contributed by atoms with Crippen LogP contribution >= 0.6 is 0 Å². The Balaban J connectivity index is 1.96. The molecule has 1 aromatic carbocycles. The topological polar surface area (TPSA) is 38.9 Å². The van der Waals surface area contributed by atoms with E-state index in [4.69, 9.17) is 4.42 Å². The van der Waals surface area contributed by atoms with Gasteiger partial charge in [0.25, 0.3) is 0 Å². The number of nitrogens with zero attached hydrogens (tertiary/aromatic N) is 2. The van der Waals surface area contributed by atoms with E-state index in [1.165, 1.54) is 0 Å². The SMILES string of the molecule is C(=C\c1cnc2ccccc2n1)/c1ccoc1. The van der Waals surface area contributed by atoms with Crippen LogP contribution in [0, 0.1) is 0 Å². The molecule has 0 bridgehead atoms. The van der Waals surface area contributed by atoms with Crippen molar-refractivity contribution in [3.63, 3.8) is 0 Å². The van der Waals surface area contributed by atoms with Gasteiger partial charge in [-0.15, -0.1) is 0 Å². The fourth-order valence-corrected chi connectivity index (χ4v) is 1.60. The highest BCUT2D eigenvalue weighted by Crippen LogP contribution is 2.11. The Morgan fingerprint density at radius 2 is 1.88 bits per heavy atom. The smallest absolute Gasteiger partial charge is 0.0974 e. The molecule has 0 aliphatic carbocycles. The molecule has 82 valence electrons. The molecule has 3 nitrogen and oxygen atoms in total. The van der Waals surface area contributed by atoms with Gasteiger partial charge in [-0.1, -0.05) is 12.1 Å². The van der Waals surface area contributed by atoms with E-state index in [1.807, 2.05) is 42.5 Å². The lowest BCUT2D eigenvalue weighted by Crippen LogP contribution is -1.86. The van der Waals surface area contributed by atoms with Gasteiger partial charge in [-0.25, -0.2) is 4.98 Å². The van der Waals surface area contributed by atoms with Crippen molar-refractivity contribution >= 4 is 23.2 Å². The molecule has 0 unspecified atom stereocenters. The first kappa shape index (κ1) is 9.78. The zero-order valence-electron chi connectivity index (χ0n) is 9.08. The molecule has 2 heterocycles. The monoisotopic (exact) mass is 222 g/mol. The van der Waals surface area contributed by atoms with Gasteiger partial charge in [-0.05, 0) is 30.4 Å². The summed E-state index contributed by atoms with van der Waals surface area (Å²) in [5.41, 5.74) is 3.67. The Labute approximate surface area is 98.4 Å². The highest BCUT2D eigenvalue weighted by molar-refractivity contribution is 5.76. The fraction of sp³-hybridized carbons (Fsp3) is 0. The number of para-hydroxylation sites is 2. The van der Waals surface area contributed by atoms with Crippen LogP contribution in [-0.4, -0.2) is 9.97 Å². The molecule has 0 amide bonds. The lowest BCUT2D eigenvalue weighted by Gasteiger charge is -1.96. The van der Waals surface area contributed by atoms with Crippen LogP contribution < -0.4 is 0 Å². The van der Waals surface area contributed by atoms with E-state index < -0.39 is 0 Å². The number of hydrogen-bond acceptors (Lipinski definition) is 3. The highest BCUT2D eigenvalue weighted by Gasteiger charge is 1.96. The van der Waals surface area contributed by atoms with Crippen molar-refractivity contribution < 1.29 is 4.42 Å². The summed E-state index contributed by atoms with van der Waals surface area (Å²) in [6, 6.07) is 9.72. The Kier molecular flexibility index (Phi) is 2.43. The maximum atomic E-state index is 4.99. The van der Waals surface area contributed by atoms with Gasteiger partial charge in [0.15, 0.2) is 0 Å². The Morgan fingerprint density at radius 3 is 2.71 bits per heavy atom. The highest BCUT2D eigenvalue weighted by atomic mass is 16.3. The van der Waals surface area contributed by atoms with Gasteiger partial charge in [-0.3, -0.25) is 4.98 Å². The van der Waals surface area contributed by atoms with Gasteiger partial charge in [-0.2, -0.15) is 0 Å². The van der Waals surface area contributed by atoms with Crippen molar-refractivity contribution in [2.75, 3.05) is 0 Å². The van der Waals surface area contributed by atoms with Crippen molar-refractivity contribution in [2.24, 2.45) is 0 Å². The van der Waals surface area contributed by atoms with Gasteiger partial charge < -0.3 is 4.42 Å². The Bertz CT molecular complexity index is 657. The van der Waals surface area contributed by atoms with Gasteiger partial charge in [0.05, 0.1) is 35.5 Å². The molecule has 0 N–H and O–H groups in total. The molecule has 2 aromatic heterocycles. The zero-order chi connectivity index (χ0) is 11.5. The predicted octanol–water partition coefficient (Wildman–Crippen LogP) is 3.39. The average Bonchev–Trinajstić information content (AvgIpc) is 2.89. The number of furan rings is 1. The molecular formula is C14H10N2O. The van der Waals surface area contributed by atoms with Crippen LogP contribution in [0.25, 0.3) is 23.2 Å². The van der Waals surface area contributed by atoms with E-state index in [2.05, 4.69) is 9.97 Å². The summed E-state index contributed by atoms with van der Waals surface area (Å²) in [6.45, 7) is 0. The van der Waals surface area contributed by atoms with Gasteiger partial charge in [0.1, 0.15) is 0 Å². The third-order valence-corrected chi connectivity index (χ3v) is 2.46. The summed E-state index contributed by atoms with van der Waals surface area (Å²) >= 11 is 0. The van der Waals surface area contributed by atoms with Gasteiger partial charge in [0.2, 0.25) is 0 Å². The fourth-order valence-electron chi connectivity index (χ4n) is 1.60. The largest absolute Gasteiger partial charge is 0.472 e. The zero-order valence-corrected chi connectivity index (χ0v) is 9.08.